The average Bonchev–Trinajstić information content (AvgIpc) is 3.28. The molecule has 158 valence electrons. The summed E-state index contributed by atoms with van der Waals surface area (Å²) in [7, 11) is 0. The molecule has 3 aromatic heterocycles. The van der Waals surface area contributed by atoms with Crippen molar-refractivity contribution in [3.05, 3.63) is 34.9 Å². The van der Waals surface area contributed by atoms with Gasteiger partial charge in [0.1, 0.15) is 11.5 Å². The molecule has 9 nitrogen and oxygen atoms in total. The highest BCUT2D eigenvalue weighted by Crippen LogP contribution is 2.31. The lowest BCUT2D eigenvalue weighted by atomic mass is 10.1. The van der Waals surface area contributed by atoms with Crippen molar-refractivity contribution in [3.63, 3.8) is 0 Å². The van der Waals surface area contributed by atoms with E-state index in [1.165, 1.54) is 0 Å². The lowest BCUT2D eigenvalue weighted by molar-refractivity contribution is -0.143. The molecular weight excluding hydrogens is 390 g/mol. The number of hydrogen-bond donors (Lipinski definition) is 0. The smallest absolute Gasteiger partial charge is 0.339 e. The fraction of sp³-hybridized carbons (Fsp3) is 0.429. The van der Waals surface area contributed by atoms with Crippen LogP contribution < -0.4 is 0 Å². The Morgan fingerprint density at radius 2 is 1.90 bits per heavy atom. The van der Waals surface area contributed by atoms with Crippen LogP contribution in [0.15, 0.2) is 21.1 Å². The van der Waals surface area contributed by atoms with Gasteiger partial charge in [0.05, 0.1) is 35.6 Å². The molecule has 4 rings (SSSR count). The minimum atomic E-state index is -0.930. The number of esters is 1. The van der Waals surface area contributed by atoms with Crippen molar-refractivity contribution in [1.29, 1.82) is 0 Å². The van der Waals surface area contributed by atoms with Crippen molar-refractivity contribution in [2.45, 2.75) is 33.8 Å². The Hall–Kier alpha value is -3.20. The van der Waals surface area contributed by atoms with Crippen molar-refractivity contribution in [3.8, 4) is 11.3 Å². The number of rotatable bonds is 4. The third-order valence-electron chi connectivity index (χ3n) is 5.11. The summed E-state index contributed by atoms with van der Waals surface area (Å²) in [5.41, 5.74) is 2.24. The molecule has 0 N–H and O–H groups in total. The number of nitrogens with zero attached hydrogens (tertiary/aromatic N) is 3. The normalized spacial score (nSPS) is 15.4. The van der Waals surface area contributed by atoms with E-state index in [1.54, 1.807) is 24.8 Å². The first-order valence-corrected chi connectivity index (χ1v) is 9.77. The Morgan fingerprint density at radius 3 is 2.57 bits per heavy atom. The van der Waals surface area contributed by atoms with Gasteiger partial charge in [0.15, 0.2) is 6.10 Å². The molecule has 0 aliphatic carbocycles. The molecule has 4 heterocycles. The summed E-state index contributed by atoms with van der Waals surface area (Å²) in [6.07, 6.45) is -0.930. The monoisotopic (exact) mass is 413 g/mol. The molecule has 0 radical (unpaired) electrons. The number of pyridine rings is 1. The molecule has 0 aromatic carbocycles. The van der Waals surface area contributed by atoms with Gasteiger partial charge in [-0.15, -0.1) is 0 Å². The van der Waals surface area contributed by atoms with Crippen LogP contribution >= 0.6 is 0 Å². The first-order valence-electron chi connectivity index (χ1n) is 9.77. The number of aryl methyl sites for hydroxylation is 3. The first kappa shape index (κ1) is 20.1. The summed E-state index contributed by atoms with van der Waals surface area (Å²) in [6.45, 7) is 8.86. The summed E-state index contributed by atoms with van der Waals surface area (Å²) in [5.74, 6) is 0.514. The molecule has 0 saturated carbocycles. The Labute approximate surface area is 172 Å². The number of ether oxygens (including phenoxy) is 2. The summed E-state index contributed by atoms with van der Waals surface area (Å²) in [4.78, 5) is 31.8. The van der Waals surface area contributed by atoms with E-state index < -0.39 is 12.1 Å². The van der Waals surface area contributed by atoms with Crippen LogP contribution in [0.2, 0.25) is 0 Å². The van der Waals surface area contributed by atoms with E-state index in [0.29, 0.717) is 48.8 Å². The van der Waals surface area contributed by atoms with E-state index in [1.807, 2.05) is 19.9 Å². The zero-order valence-corrected chi connectivity index (χ0v) is 17.4. The first-order chi connectivity index (χ1) is 14.3. The van der Waals surface area contributed by atoms with Crippen LogP contribution in [-0.4, -0.2) is 59.3 Å². The van der Waals surface area contributed by atoms with Gasteiger partial charge in [-0.25, -0.2) is 9.78 Å². The van der Waals surface area contributed by atoms with Gasteiger partial charge >= 0.3 is 5.97 Å². The lowest BCUT2D eigenvalue weighted by Gasteiger charge is -2.29. The molecule has 9 heteroatoms. The molecule has 1 unspecified atom stereocenters. The molecule has 1 fully saturated rings. The van der Waals surface area contributed by atoms with E-state index >= 15 is 0 Å². The second kappa shape index (κ2) is 7.91. The number of amides is 1. The minimum Gasteiger partial charge on any atom is -0.466 e. The molecule has 1 aliphatic rings. The predicted molar refractivity (Wildman–Crippen MR) is 106 cm³/mol. The zero-order valence-electron chi connectivity index (χ0n) is 17.4. The molecule has 1 aliphatic heterocycles. The summed E-state index contributed by atoms with van der Waals surface area (Å²) in [6, 6.07) is 3.46. The fourth-order valence-electron chi connectivity index (χ4n) is 3.59. The van der Waals surface area contributed by atoms with Gasteiger partial charge in [-0.1, -0.05) is 5.16 Å². The number of morpholine rings is 1. The van der Waals surface area contributed by atoms with E-state index in [4.69, 9.17) is 18.4 Å². The number of furan rings is 1. The third kappa shape index (κ3) is 3.68. The SMILES string of the molecule is Cc1cc(-c2cc(C(=O)OC(C)C(=O)N3CCOCC3)c3c(C)noc3n2)c(C)o1. The van der Waals surface area contributed by atoms with Crippen molar-refractivity contribution >= 4 is 23.0 Å². The Morgan fingerprint density at radius 1 is 1.17 bits per heavy atom. The second-order valence-corrected chi connectivity index (χ2v) is 7.32. The van der Waals surface area contributed by atoms with E-state index in [2.05, 4.69) is 10.1 Å². The Balaban J connectivity index is 1.66. The van der Waals surface area contributed by atoms with E-state index in [-0.39, 0.29) is 17.2 Å². The topological polar surface area (TPSA) is 108 Å². The molecule has 1 amide bonds. The fourth-order valence-corrected chi connectivity index (χ4v) is 3.59. The molecule has 30 heavy (non-hydrogen) atoms. The van der Waals surface area contributed by atoms with Gasteiger partial charge in [-0.05, 0) is 39.8 Å². The average molecular weight is 413 g/mol. The molecular formula is C21H23N3O6. The maximum Gasteiger partial charge on any atom is 0.339 e. The molecule has 1 saturated heterocycles. The van der Waals surface area contributed by atoms with Gasteiger partial charge in [-0.3, -0.25) is 4.79 Å². The van der Waals surface area contributed by atoms with Crippen LogP contribution in [0.4, 0.5) is 0 Å². The number of carbonyl (C=O) groups is 2. The summed E-state index contributed by atoms with van der Waals surface area (Å²) < 4.78 is 21.7. The number of hydrogen-bond acceptors (Lipinski definition) is 8. The molecule has 1 atom stereocenters. The zero-order chi connectivity index (χ0) is 21.4. The number of carbonyl (C=O) groups excluding carboxylic acids is 2. The highest BCUT2D eigenvalue weighted by atomic mass is 16.5. The van der Waals surface area contributed by atoms with Crippen LogP contribution in [0.3, 0.4) is 0 Å². The van der Waals surface area contributed by atoms with Crippen LogP contribution in [-0.2, 0) is 14.3 Å². The summed E-state index contributed by atoms with van der Waals surface area (Å²) in [5, 5.41) is 4.40. The van der Waals surface area contributed by atoms with Gasteiger partial charge in [0, 0.05) is 18.7 Å². The largest absolute Gasteiger partial charge is 0.466 e. The highest BCUT2D eigenvalue weighted by molar-refractivity contribution is 6.05. The van der Waals surface area contributed by atoms with E-state index in [9.17, 15) is 9.59 Å². The van der Waals surface area contributed by atoms with Gasteiger partial charge in [0.2, 0.25) is 0 Å². The second-order valence-electron chi connectivity index (χ2n) is 7.32. The maximum atomic E-state index is 13.0. The number of aromatic nitrogens is 2. The van der Waals surface area contributed by atoms with Gasteiger partial charge in [-0.2, -0.15) is 0 Å². The van der Waals surface area contributed by atoms with Crippen molar-refractivity contribution in [2.24, 2.45) is 0 Å². The van der Waals surface area contributed by atoms with E-state index in [0.717, 1.165) is 11.3 Å². The van der Waals surface area contributed by atoms with Crippen LogP contribution in [0.1, 0.15) is 34.5 Å². The van der Waals surface area contributed by atoms with Crippen LogP contribution in [0.5, 0.6) is 0 Å². The van der Waals surface area contributed by atoms with Crippen LogP contribution in [0, 0.1) is 20.8 Å². The molecule has 0 bridgehead atoms. The van der Waals surface area contributed by atoms with Gasteiger partial charge < -0.3 is 23.3 Å². The Bertz CT molecular complexity index is 1110. The van der Waals surface area contributed by atoms with Crippen LogP contribution in [0.25, 0.3) is 22.4 Å². The van der Waals surface area contributed by atoms with Crippen molar-refractivity contribution < 1.29 is 28.0 Å². The lowest BCUT2D eigenvalue weighted by Crippen LogP contribution is -2.46. The maximum absolute atomic E-state index is 13.0. The summed E-state index contributed by atoms with van der Waals surface area (Å²) >= 11 is 0. The molecule has 3 aromatic rings. The minimum absolute atomic E-state index is 0.224. The molecule has 0 spiro atoms. The highest BCUT2D eigenvalue weighted by Gasteiger charge is 2.28. The van der Waals surface area contributed by atoms with Crippen molar-refractivity contribution in [1.82, 2.24) is 15.0 Å². The third-order valence-corrected chi connectivity index (χ3v) is 5.11. The van der Waals surface area contributed by atoms with Gasteiger partial charge in [0.25, 0.3) is 11.6 Å². The Kier molecular flexibility index (Phi) is 5.29. The predicted octanol–water partition coefficient (Wildman–Crippen LogP) is 2.81. The number of fused-ring (bicyclic) bond motifs is 1. The van der Waals surface area contributed by atoms with Crippen molar-refractivity contribution in [2.75, 3.05) is 26.3 Å². The standard InChI is InChI=1S/C21H23N3O6/c1-11-9-15(13(3)28-11)17-10-16(18-12(2)23-30-19(18)22-17)21(26)29-14(4)20(25)24-5-7-27-8-6-24/h9-10,14H,5-8H2,1-4H3. The quantitative estimate of drug-likeness (QED) is 0.601.